The van der Waals surface area contributed by atoms with Crippen molar-refractivity contribution in [2.24, 2.45) is 7.05 Å². The number of carbonyl (C=O) groups excluding carboxylic acids is 1. The lowest BCUT2D eigenvalue weighted by atomic mass is 10.2. The van der Waals surface area contributed by atoms with Gasteiger partial charge in [-0.15, -0.1) is 0 Å². The fraction of sp³-hybridized carbons (Fsp3) is 0.545. The van der Waals surface area contributed by atoms with E-state index in [0.29, 0.717) is 13.0 Å². The fourth-order valence-electron chi connectivity index (χ4n) is 1.41. The molecule has 0 bridgehead atoms. The molecule has 1 aromatic rings. The molecule has 2 amide bonds. The average Bonchev–Trinajstić information content (AvgIpc) is 2.74. The smallest absolute Gasteiger partial charge is 0.332 e. The Balaban J connectivity index is 2.10. The molecule has 0 aliphatic carbocycles. The molecule has 106 valence electrons. The number of nitrogens with one attached hydrogen (secondary N) is 2. The van der Waals surface area contributed by atoms with E-state index in [1.165, 1.54) is 0 Å². The number of aliphatic hydroxyl groups is 1. The third-order valence-electron chi connectivity index (χ3n) is 2.42. The van der Waals surface area contributed by atoms with Gasteiger partial charge in [-0.05, 0) is 6.07 Å². The number of aromatic nitrogens is 2. The standard InChI is InChI=1S/C11H18N4O4/c1-15-7-4-8(14-15)2-5-12-11(19)13-6-3-9(16)10(17)18/h4,7,9,16H,2-3,5-6H2,1H3,(H,17,18)(H2,12,13,19)/t9-/m0/s1. The van der Waals surface area contributed by atoms with Crippen molar-refractivity contribution < 1.29 is 19.8 Å². The molecule has 4 N–H and O–H groups in total. The van der Waals surface area contributed by atoms with Crippen LogP contribution in [0.4, 0.5) is 4.79 Å². The molecular weight excluding hydrogens is 252 g/mol. The number of aryl methyl sites for hydroxylation is 1. The number of urea groups is 1. The number of hydrogen-bond acceptors (Lipinski definition) is 4. The maximum atomic E-state index is 11.3. The molecule has 0 saturated heterocycles. The first-order valence-electron chi connectivity index (χ1n) is 5.90. The van der Waals surface area contributed by atoms with Crippen molar-refractivity contribution in [2.75, 3.05) is 13.1 Å². The summed E-state index contributed by atoms with van der Waals surface area (Å²) in [5.41, 5.74) is 0.879. The van der Waals surface area contributed by atoms with Crippen LogP contribution in [0.2, 0.25) is 0 Å². The third kappa shape index (κ3) is 5.87. The number of hydrogen-bond donors (Lipinski definition) is 4. The Morgan fingerprint density at radius 2 is 2.11 bits per heavy atom. The zero-order valence-corrected chi connectivity index (χ0v) is 10.7. The number of carbonyl (C=O) groups is 2. The number of aliphatic hydroxyl groups excluding tert-OH is 1. The SMILES string of the molecule is Cn1ccc(CCNC(=O)NCC[C@H](O)C(=O)O)n1. The molecule has 0 aliphatic heterocycles. The summed E-state index contributed by atoms with van der Waals surface area (Å²) in [7, 11) is 1.82. The normalized spacial score (nSPS) is 11.9. The molecule has 0 unspecified atom stereocenters. The van der Waals surface area contributed by atoms with Crippen molar-refractivity contribution in [3.63, 3.8) is 0 Å². The lowest BCUT2D eigenvalue weighted by Crippen LogP contribution is -2.38. The van der Waals surface area contributed by atoms with Gasteiger partial charge in [-0.3, -0.25) is 4.68 Å². The lowest BCUT2D eigenvalue weighted by molar-refractivity contribution is -0.146. The number of carboxylic acid groups (broad SMARTS) is 1. The van der Waals surface area contributed by atoms with E-state index in [2.05, 4.69) is 15.7 Å². The van der Waals surface area contributed by atoms with Gasteiger partial charge in [-0.2, -0.15) is 5.10 Å². The Morgan fingerprint density at radius 3 is 2.68 bits per heavy atom. The average molecular weight is 270 g/mol. The minimum atomic E-state index is -1.45. The highest BCUT2D eigenvalue weighted by Gasteiger charge is 2.12. The highest BCUT2D eigenvalue weighted by Crippen LogP contribution is 1.94. The Morgan fingerprint density at radius 1 is 1.42 bits per heavy atom. The van der Waals surface area contributed by atoms with Crippen molar-refractivity contribution >= 4 is 12.0 Å². The highest BCUT2D eigenvalue weighted by atomic mass is 16.4. The van der Waals surface area contributed by atoms with Crippen LogP contribution in [0, 0.1) is 0 Å². The minimum absolute atomic E-state index is 0.0248. The van der Waals surface area contributed by atoms with Crippen molar-refractivity contribution in [1.82, 2.24) is 20.4 Å². The van der Waals surface area contributed by atoms with E-state index in [1.807, 2.05) is 19.3 Å². The molecule has 8 nitrogen and oxygen atoms in total. The second-order valence-electron chi connectivity index (χ2n) is 4.06. The van der Waals surface area contributed by atoms with Crippen molar-refractivity contribution in [1.29, 1.82) is 0 Å². The maximum absolute atomic E-state index is 11.3. The van der Waals surface area contributed by atoms with Gasteiger partial charge in [0.25, 0.3) is 0 Å². The van der Waals surface area contributed by atoms with Crippen LogP contribution in [-0.4, -0.2) is 51.2 Å². The van der Waals surface area contributed by atoms with E-state index >= 15 is 0 Å². The van der Waals surface area contributed by atoms with Crippen molar-refractivity contribution in [3.05, 3.63) is 18.0 Å². The Hall–Kier alpha value is -2.09. The van der Waals surface area contributed by atoms with Gasteiger partial charge in [0.1, 0.15) is 0 Å². The van der Waals surface area contributed by atoms with Gasteiger partial charge < -0.3 is 20.8 Å². The van der Waals surface area contributed by atoms with Crippen LogP contribution in [0.15, 0.2) is 12.3 Å². The summed E-state index contributed by atoms with van der Waals surface area (Å²) >= 11 is 0. The monoisotopic (exact) mass is 270 g/mol. The van der Waals surface area contributed by atoms with Crippen LogP contribution in [0.1, 0.15) is 12.1 Å². The van der Waals surface area contributed by atoms with Gasteiger partial charge in [-0.25, -0.2) is 9.59 Å². The lowest BCUT2D eigenvalue weighted by Gasteiger charge is -2.08. The molecule has 0 aromatic carbocycles. The molecule has 1 atom stereocenters. The summed E-state index contributed by atoms with van der Waals surface area (Å²) in [6, 6.07) is 1.47. The van der Waals surface area contributed by atoms with E-state index < -0.39 is 18.1 Å². The van der Waals surface area contributed by atoms with Crippen LogP contribution in [0.3, 0.4) is 0 Å². The molecule has 0 radical (unpaired) electrons. The summed E-state index contributed by atoms with van der Waals surface area (Å²) in [5, 5.41) is 26.6. The molecule has 8 heteroatoms. The first kappa shape index (κ1) is 15.0. The molecule has 1 aromatic heterocycles. The van der Waals surface area contributed by atoms with E-state index in [9.17, 15) is 9.59 Å². The predicted octanol–water partition coefficient (Wildman–Crippen LogP) is -0.903. The summed E-state index contributed by atoms with van der Waals surface area (Å²) < 4.78 is 1.68. The first-order valence-corrected chi connectivity index (χ1v) is 5.90. The minimum Gasteiger partial charge on any atom is -0.479 e. The van der Waals surface area contributed by atoms with E-state index in [-0.39, 0.29) is 13.0 Å². The van der Waals surface area contributed by atoms with Gasteiger partial charge in [0, 0.05) is 39.2 Å². The van der Waals surface area contributed by atoms with Crippen LogP contribution < -0.4 is 10.6 Å². The molecule has 1 heterocycles. The van der Waals surface area contributed by atoms with Crippen molar-refractivity contribution in [3.8, 4) is 0 Å². The predicted molar refractivity (Wildman–Crippen MR) is 66.6 cm³/mol. The molecule has 0 saturated carbocycles. The molecule has 0 fully saturated rings. The largest absolute Gasteiger partial charge is 0.479 e. The van der Waals surface area contributed by atoms with Crippen LogP contribution in [0.5, 0.6) is 0 Å². The number of amides is 2. The number of nitrogens with zero attached hydrogens (tertiary/aromatic N) is 2. The quantitative estimate of drug-likeness (QED) is 0.512. The number of aliphatic carboxylic acids is 1. The molecular formula is C11H18N4O4. The third-order valence-corrected chi connectivity index (χ3v) is 2.42. The maximum Gasteiger partial charge on any atom is 0.332 e. The summed E-state index contributed by atoms with van der Waals surface area (Å²) in [6.07, 6.45) is 0.964. The number of rotatable bonds is 7. The van der Waals surface area contributed by atoms with Gasteiger partial charge in [-0.1, -0.05) is 0 Å². The van der Waals surface area contributed by atoms with E-state index in [4.69, 9.17) is 10.2 Å². The zero-order chi connectivity index (χ0) is 14.3. The van der Waals surface area contributed by atoms with Gasteiger partial charge in [0.05, 0.1) is 5.69 Å². The van der Waals surface area contributed by atoms with Crippen LogP contribution in [0.25, 0.3) is 0 Å². The Bertz CT molecular complexity index is 432. The second kappa shape index (κ2) is 7.37. The summed E-state index contributed by atoms with van der Waals surface area (Å²) in [6.45, 7) is 0.535. The topological polar surface area (TPSA) is 116 Å². The van der Waals surface area contributed by atoms with E-state index in [0.717, 1.165) is 5.69 Å². The molecule has 0 spiro atoms. The fourth-order valence-corrected chi connectivity index (χ4v) is 1.41. The Kier molecular flexibility index (Phi) is 5.80. The summed E-state index contributed by atoms with van der Waals surface area (Å²) in [5.74, 6) is -1.29. The van der Waals surface area contributed by atoms with Gasteiger partial charge in [0.15, 0.2) is 6.10 Å². The van der Waals surface area contributed by atoms with Gasteiger partial charge >= 0.3 is 12.0 Å². The van der Waals surface area contributed by atoms with Crippen LogP contribution >= 0.6 is 0 Å². The van der Waals surface area contributed by atoms with E-state index in [1.54, 1.807) is 4.68 Å². The second-order valence-corrected chi connectivity index (χ2v) is 4.06. The zero-order valence-electron chi connectivity index (χ0n) is 10.7. The Labute approximate surface area is 110 Å². The van der Waals surface area contributed by atoms with Crippen molar-refractivity contribution in [2.45, 2.75) is 18.9 Å². The first-order chi connectivity index (χ1) is 8.99. The molecule has 19 heavy (non-hydrogen) atoms. The van der Waals surface area contributed by atoms with Gasteiger partial charge in [0.2, 0.25) is 0 Å². The molecule has 0 aliphatic rings. The molecule has 1 rings (SSSR count). The van der Waals surface area contributed by atoms with Crippen LogP contribution in [-0.2, 0) is 18.3 Å². The summed E-state index contributed by atoms with van der Waals surface area (Å²) in [4.78, 5) is 21.6. The number of carboxylic acids is 1. The highest BCUT2D eigenvalue weighted by molar-refractivity contribution is 5.74.